The van der Waals surface area contributed by atoms with E-state index in [0.29, 0.717) is 28.6 Å². The van der Waals surface area contributed by atoms with Gasteiger partial charge in [0, 0.05) is 11.6 Å². The fourth-order valence-electron chi connectivity index (χ4n) is 2.86. The van der Waals surface area contributed by atoms with Crippen LogP contribution in [0.25, 0.3) is 0 Å². The van der Waals surface area contributed by atoms with Crippen LogP contribution >= 0.6 is 0 Å². The Labute approximate surface area is 158 Å². The summed E-state index contributed by atoms with van der Waals surface area (Å²) in [6.45, 7) is 5.59. The standard InChI is InChI=1S/C18H23N3O5S/c1-18(2,3)21-17(14-10-27(23,24)11-15(14)20-21)19-16(22)9-26-13-7-5-6-12(8-13)25-4/h5-8H,9-11H2,1-4H3,(H,19,22). The lowest BCUT2D eigenvalue weighted by Crippen LogP contribution is -2.29. The minimum Gasteiger partial charge on any atom is -0.497 e. The van der Waals surface area contributed by atoms with E-state index in [2.05, 4.69) is 10.4 Å². The number of ether oxygens (including phenoxy) is 2. The van der Waals surface area contributed by atoms with E-state index >= 15 is 0 Å². The second-order valence-electron chi connectivity index (χ2n) is 7.40. The summed E-state index contributed by atoms with van der Waals surface area (Å²) in [5, 5.41) is 7.19. The number of carbonyl (C=O) groups is 1. The van der Waals surface area contributed by atoms with Gasteiger partial charge in [-0.05, 0) is 32.9 Å². The number of rotatable bonds is 5. The van der Waals surface area contributed by atoms with Gasteiger partial charge in [0.1, 0.15) is 17.3 Å². The van der Waals surface area contributed by atoms with Crippen molar-refractivity contribution in [2.24, 2.45) is 0 Å². The summed E-state index contributed by atoms with van der Waals surface area (Å²) in [5.41, 5.74) is 0.637. The second kappa shape index (κ2) is 6.88. The quantitative estimate of drug-likeness (QED) is 0.835. The molecule has 0 fully saturated rings. The average Bonchev–Trinajstić information content (AvgIpc) is 3.06. The molecule has 1 aliphatic heterocycles. The van der Waals surface area contributed by atoms with Crippen LogP contribution in [0.4, 0.5) is 5.82 Å². The van der Waals surface area contributed by atoms with Crippen LogP contribution in [0.15, 0.2) is 24.3 Å². The van der Waals surface area contributed by atoms with Gasteiger partial charge >= 0.3 is 0 Å². The lowest BCUT2D eigenvalue weighted by Gasteiger charge is -2.23. The molecule has 0 aliphatic carbocycles. The van der Waals surface area contributed by atoms with Crippen LogP contribution in [0, 0.1) is 0 Å². The van der Waals surface area contributed by atoms with Crippen LogP contribution in [0.1, 0.15) is 32.0 Å². The van der Waals surface area contributed by atoms with Gasteiger partial charge in [0.25, 0.3) is 5.91 Å². The largest absolute Gasteiger partial charge is 0.497 e. The first-order valence-corrected chi connectivity index (χ1v) is 10.3. The first kappa shape index (κ1) is 19.2. The Bertz CT molecular complexity index is 973. The van der Waals surface area contributed by atoms with Crippen molar-refractivity contribution >= 4 is 21.6 Å². The molecule has 2 aromatic rings. The van der Waals surface area contributed by atoms with Gasteiger partial charge in [0.2, 0.25) is 0 Å². The summed E-state index contributed by atoms with van der Waals surface area (Å²) < 4.78 is 36.1. The maximum absolute atomic E-state index is 12.4. The van der Waals surface area contributed by atoms with Crippen molar-refractivity contribution in [1.29, 1.82) is 0 Å². The predicted molar refractivity (Wildman–Crippen MR) is 101 cm³/mol. The van der Waals surface area contributed by atoms with E-state index in [0.717, 1.165) is 0 Å². The zero-order chi connectivity index (χ0) is 19.8. The smallest absolute Gasteiger partial charge is 0.263 e. The molecule has 9 heteroatoms. The molecule has 27 heavy (non-hydrogen) atoms. The summed E-state index contributed by atoms with van der Waals surface area (Å²) >= 11 is 0. The maximum Gasteiger partial charge on any atom is 0.263 e. The topological polar surface area (TPSA) is 99.5 Å². The molecule has 1 amide bonds. The summed E-state index contributed by atoms with van der Waals surface area (Å²) in [6, 6.07) is 6.94. The molecular weight excluding hydrogens is 370 g/mol. The van der Waals surface area contributed by atoms with Crippen molar-refractivity contribution in [3.8, 4) is 11.5 Å². The number of nitrogens with one attached hydrogen (secondary N) is 1. The third-order valence-corrected chi connectivity index (χ3v) is 5.53. The summed E-state index contributed by atoms with van der Waals surface area (Å²) in [7, 11) is -1.67. The van der Waals surface area contributed by atoms with Gasteiger partial charge in [-0.2, -0.15) is 5.10 Å². The molecule has 3 rings (SSSR count). The van der Waals surface area contributed by atoms with Crippen molar-refractivity contribution in [2.45, 2.75) is 37.8 Å². The second-order valence-corrected chi connectivity index (χ2v) is 9.47. The SMILES string of the molecule is COc1cccc(OCC(=O)Nc2c3c(nn2C(C)(C)C)CS(=O)(=O)C3)c1. The number of fused-ring (bicyclic) bond motifs is 1. The summed E-state index contributed by atoms with van der Waals surface area (Å²) in [6.07, 6.45) is 0. The molecule has 1 aromatic heterocycles. The van der Waals surface area contributed by atoms with Gasteiger partial charge in [0.05, 0.1) is 29.8 Å². The highest BCUT2D eigenvalue weighted by molar-refractivity contribution is 7.90. The van der Waals surface area contributed by atoms with Crippen molar-refractivity contribution in [2.75, 3.05) is 19.0 Å². The predicted octanol–water partition coefficient (Wildman–Crippen LogP) is 2.09. The zero-order valence-corrected chi connectivity index (χ0v) is 16.6. The molecule has 0 bridgehead atoms. The average molecular weight is 393 g/mol. The van der Waals surface area contributed by atoms with Crippen molar-refractivity contribution < 1.29 is 22.7 Å². The third-order valence-electron chi connectivity index (χ3n) is 4.09. The number of hydrogen-bond acceptors (Lipinski definition) is 6. The fourth-order valence-corrected chi connectivity index (χ4v) is 4.36. The molecule has 1 aromatic carbocycles. The molecule has 146 valence electrons. The van der Waals surface area contributed by atoms with Crippen molar-refractivity contribution in [3.63, 3.8) is 0 Å². The van der Waals surface area contributed by atoms with Crippen LogP contribution in [-0.2, 0) is 31.7 Å². The number of nitrogens with zero attached hydrogens (tertiary/aromatic N) is 2. The zero-order valence-electron chi connectivity index (χ0n) is 15.8. The lowest BCUT2D eigenvalue weighted by molar-refractivity contribution is -0.118. The highest BCUT2D eigenvalue weighted by atomic mass is 32.2. The summed E-state index contributed by atoms with van der Waals surface area (Å²) in [5.74, 6) is 0.927. The number of hydrogen-bond donors (Lipinski definition) is 1. The number of aromatic nitrogens is 2. The molecule has 1 N–H and O–H groups in total. The van der Waals surface area contributed by atoms with Gasteiger partial charge in [-0.15, -0.1) is 0 Å². The minimum absolute atomic E-state index is 0.103. The Morgan fingerprint density at radius 1 is 1.26 bits per heavy atom. The third kappa shape index (κ3) is 4.24. The molecule has 0 atom stereocenters. The fraction of sp³-hybridized carbons (Fsp3) is 0.444. The van der Waals surface area contributed by atoms with Crippen LogP contribution in [0.2, 0.25) is 0 Å². The van der Waals surface area contributed by atoms with Crippen LogP contribution in [-0.4, -0.2) is 37.8 Å². The molecule has 8 nitrogen and oxygen atoms in total. The van der Waals surface area contributed by atoms with Gasteiger partial charge in [0.15, 0.2) is 16.4 Å². The highest BCUT2D eigenvalue weighted by Crippen LogP contribution is 2.34. The molecule has 2 heterocycles. The lowest BCUT2D eigenvalue weighted by atomic mass is 10.1. The highest BCUT2D eigenvalue weighted by Gasteiger charge is 2.35. The van der Waals surface area contributed by atoms with E-state index < -0.39 is 21.3 Å². The Morgan fingerprint density at radius 3 is 2.63 bits per heavy atom. The molecule has 0 saturated carbocycles. The van der Waals surface area contributed by atoms with E-state index in [1.807, 2.05) is 20.8 Å². The van der Waals surface area contributed by atoms with E-state index in [9.17, 15) is 13.2 Å². The van der Waals surface area contributed by atoms with Crippen LogP contribution in [0.3, 0.4) is 0 Å². The molecule has 1 aliphatic rings. The minimum atomic E-state index is -3.22. The number of amides is 1. The Kier molecular flexibility index (Phi) is 4.90. The van der Waals surface area contributed by atoms with Gasteiger partial charge < -0.3 is 14.8 Å². The van der Waals surface area contributed by atoms with Gasteiger partial charge in [-0.3, -0.25) is 4.79 Å². The monoisotopic (exact) mass is 393 g/mol. The number of anilines is 1. The molecular formula is C18H23N3O5S. The van der Waals surface area contributed by atoms with E-state index in [1.54, 1.807) is 36.1 Å². The molecule has 0 radical (unpaired) electrons. The Balaban J connectivity index is 1.77. The molecule has 0 saturated heterocycles. The van der Waals surface area contributed by atoms with Gasteiger partial charge in [-0.1, -0.05) is 6.07 Å². The maximum atomic E-state index is 12.4. The first-order chi connectivity index (χ1) is 12.6. The van der Waals surface area contributed by atoms with Crippen molar-refractivity contribution in [3.05, 3.63) is 35.5 Å². The van der Waals surface area contributed by atoms with E-state index in [1.165, 1.54) is 0 Å². The molecule has 0 unspecified atom stereocenters. The Morgan fingerprint density at radius 2 is 1.96 bits per heavy atom. The normalized spacial score (nSPS) is 15.3. The first-order valence-electron chi connectivity index (χ1n) is 8.47. The Hall–Kier alpha value is -2.55. The molecule has 0 spiro atoms. The number of carbonyl (C=O) groups excluding carboxylic acids is 1. The number of benzene rings is 1. The summed E-state index contributed by atoms with van der Waals surface area (Å²) in [4.78, 5) is 12.4. The number of methoxy groups -OCH3 is 1. The number of sulfone groups is 1. The van der Waals surface area contributed by atoms with E-state index in [-0.39, 0.29) is 18.1 Å². The van der Waals surface area contributed by atoms with Crippen LogP contribution in [0.5, 0.6) is 11.5 Å². The van der Waals surface area contributed by atoms with Gasteiger partial charge in [-0.25, -0.2) is 13.1 Å². The van der Waals surface area contributed by atoms with Crippen molar-refractivity contribution in [1.82, 2.24) is 9.78 Å². The van der Waals surface area contributed by atoms with E-state index in [4.69, 9.17) is 9.47 Å². The van der Waals surface area contributed by atoms with Crippen LogP contribution < -0.4 is 14.8 Å².